The van der Waals surface area contributed by atoms with Crippen LogP contribution in [0.4, 0.5) is 18.9 Å². The summed E-state index contributed by atoms with van der Waals surface area (Å²) in [6.45, 7) is -1.31. The SMILES string of the molecule is O=C(NCc1ccc(OCC(F)(F)F)cc1)c1ccc(Cl)c([N+](=O)[O-])c1. The van der Waals surface area contributed by atoms with Crippen molar-refractivity contribution in [2.45, 2.75) is 12.7 Å². The number of amides is 1. The Bertz CT molecular complexity index is 810. The van der Waals surface area contributed by atoms with Crippen LogP contribution in [-0.2, 0) is 6.54 Å². The van der Waals surface area contributed by atoms with Crippen molar-refractivity contribution < 1.29 is 27.6 Å². The van der Waals surface area contributed by atoms with Gasteiger partial charge in [-0.3, -0.25) is 14.9 Å². The van der Waals surface area contributed by atoms with Crippen LogP contribution in [0.1, 0.15) is 15.9 Å². The van der Waals surface area contributed by atoms with E-state index in [4.69, 9.17) is 11.6 Å². The molecule has 0 unspecified atom stereocenters. The standard InChI is InChI=1S/C16H12ClF3N2O4/c17-13-6-3-11(7-14(13)22(24)25)15(23)21-8-10-1-4-12(5-2-10)26-9-16(18,19)20/h1-7H,8-9H2,(H,21,23). The number of alkyl halides is 3. The minimum absolute atomic E-state index is 0.0470. The maximum absolute atomic E-state index is 12.1. The summed E-state index contributed by atoms with van der Waals surface area (Å²) in [5.41, 5.74) is 0.290. The van der Waals surface area contributed by atoms with E-state index >= 15 is 0 Å². The number of carbonyl (C=O) groups is 1. The van der Waals surface area contributed by atoms with Gasteiger partial charge in [0.05, 0.1) is 4.92 Å². The second-order valence-corrected chi connectivity index (χ2v) is 5.56. The normalized spacial score (nSPS) is 11.1. The first-order chi connectivity index (χ1) is 12.2. The highest BCUT2D eigenvalue weighted by Gasteiger charge is 2.28. The van der Waals surface area contributed by atoms with Gasteiger partial charge >= 0.3 is 6.18 Å². The molecule has 6 nitrogen and oxygen atoms in total. The molecule has 0 spiro atoms. The fourth-order valence-electron chi connectivity index (χ4n) is 1.95. The first kappa shape index (κ1) is 19.5. The third kappa shape index (κ3) is 5.62. The Balaban J connectivity index is 1.95. The van der Waals surface area contributed by atoms with E-state index in [0.717, 1.165) is 6.07 Å². The number of ether oxygens (including phenoxy) is 1. The highest BCUT2D eigenvalue weighted by atomic mass is 35.5. The van der Waals surface area contributed by atoms with Gasteiger partial charge in [0.15, 0.2) is 6.61 Å². The van der Waals surface area contributed by atoms with E-state index in [1.807, 2.05) is 0 Å². The second kappa shape index (κ2) is 8.05. The summed E-state index contributed by atoms with van der Waals surface area (Å²) in [6.07, 6.45) is -4.42. The zero-order chi connectivity index (χ0) is 19.3. The van der Waals surface area contributed by atoms with E-state index in [2.05, 4.69) is 10.1 Å². The molecule has 10 heteroatoms. The molecule has 0 aromatic heterocycles. The molecule has 0 aliphatic heterocycles. The quantitative estimate of drug-likeness (QED) is 0.596. The lowest BCUT2D eigenvalue weighted by atomic mass is 10.1. The Labute approximate surface area is 150 Å². The highest BCUT2D eigenvalue weighted by molar-refractivity contribution is 6.32. The smallest absolute Gasteiger partial charge is 0.422 e. The first-order valence-corrected chi connectivity index (χ1v) is 7.54. The number of carbonyl (C=O) groups excluding carboxylic acids is 1. The Kier molecular flexibility index (Phi) is 6.04. The number of hydrogen-bond donors (Lipinski definition) is 1. The van der Waals surface area contributed by atoms with Gasteiger partial charge in [0.1, 0.15) is 10.8 Å². The zero-order valence-electron chi connectivity index (χ0n) is 13.0. The molecular weight excluding hydrogens is 377 g/mol. The van der Waals surface area contributed by atoms with Gasteiger partial charge in [-0.1, -0.05) is 23.7 Å². The predicted octanol–water partition coefficient (Wildman–Crippen LogP) is 4.12. The lowest BCUT2D eigenvalue weighted by molar-refractivity contribution is -0.384. The summed E-state index contributed by atoms with van der Waals surface area (Å²) < 4.78 is 40.8. The molecule has 2 aromatic carbocycles. The van der Waals surface area contributed by atoms with Gasteiger partial charge in [-0.15, -0.1) is 0 Å². The molecule has 1 N–H and O–H groups in total. The minimum Gasteiger partial charge on any atom is -0.484 e. The summed E-state index contributed by atoms with van der Waals surface area (Å²) in [7, 11) is 0. The van der Waals surface area contributed by atoms with Crippen LogP contribution < -0.4 is 10.1 Å². The number of benzene rings is 2. The number of rotatable bonds is 6. The highest BCUT2D eigenvalue weighted by Crippen LogP contribution is 2.25. The summed E-state index contributed by atoms with van der Waals surface area (Å²) in [5, 5.41) is 13.3. The molecule has 0 fully saturated rings. The lowest BCUT2D eigenvalue weighted by Crippen LogP contribution is -2.23. The average Bonchev–Trinajstić information content (AvgIpc) is 2.58. The molecule has 0 saturated carbocycles. The molecule has 0 heterocycles. The van der Waals surface area contributed by atoms with Crippen LogP contribution in [0, 0.1) is 10.1 Å². The fraction of sp³-hybridized carbons (Fsp3) is 0.188. The van der Waals surface area contributed by atoms with Crippen LogP contribution in [0.15, 0.2) is 42.5 Å². The van der Waals surface area contributed by atoms with Crippen LogP contribution >= 0.6 is 11.6 Å². The Hall–Kier alpha value is -2.81. The third-order valence-corrected chi connectivity index (χ3v) is 3.50. The van der Waals surface area contributed by atoms with Crippen molar-refractivity contribution in [1.82, 2.24) is 5.32 Å². The van der Waals surface area contributed by atoms with Gasteiger partial charge < -0.3 is 10.1 Å². The molecule has 26 heavy (non-hydrogen) atoms. The van der Waals surface area contributed by atoms with Crippen LogP contribution in [0.3, 0.4) is 0 Å². The largest absolute Gasteiger partial charge is 0.484 e. The van der Waals surface area contributed by atoms with Gasteiger partial charge in [0.2, 0.25) is 0 Å². The monoisotopic (exact) mass is 388 g/mol. The fourth-order valence-corrected chi connectivity index (χ4v) is 2.13. The summed E-state index contributed by atoms with van der Waals surface area (Å²) in [6, 6.07) is 9.35. The molecule has 0 atom stereocenters. The first-order valence-electron chi connectivity index (χ1n) is 7.16. The van der Waals surface area contributed by atoms with Crippen LogP contribution in [0.5, 0.6) is 5.75 Å². The van der Waals surface area contributed by atoms with Crippen LogP contribution in [0.25, 0.3) is 0 Å². The number of nitro groups is 1. The van der Waals surface area contributed by atoms with Crippen molar-refractivity contribution in [1.29, 1.82) is 0 Å². The van der Waals surface area contributed by atoms with Crippen molar-refractivity contribution in [3.63, 3.8) is 0 Å². The molecule has 2 aromatic rings. The van der Waals surface area contributed by atoms with Crippen molar-refractivity contribution >= 4 is 23.2 Å². The predicted molar refractivity (Wildman–Crippen MR) is 87.3 cm³/mol. The maximum Gasteiger partial charge on any atom is 0.422 e. The molecule has 1 amide bonds. The summed E-state index contributed by atoms with van der Waals surface area (Å²) >= 11 is 5.68. The lowest BCUT2D eigenvalue weighted by Gasteiger charge is -2.10. The molecule has 2 rings (SSSR count). The van der Waals surface area contributed by atoms with E-state index in [0.29, 0.717) is 5.56 Å². The van der Waals surface area contributed by atoms with Crippen molar-refractivity contribution in [2.24, 2.45) is 0 Å². The van der Waals surface area contributed by atoms with E-state index in [-0.39, 0.29) is 28.6 Å². The zero-order valence-corrected chi connectivity index (χ0v) is 13.8. The maximum atomic E-state index is 12.1. The molecule has 0 aliphatic rings. The van der Waals surface area contributed by atoms with Gasteiger partial charge in [0, 0.05) is 18.2 Å². The molecular formula is C16H12ClF3N2O4. The number of nitrogens with zero attached hydrogens (tertiary/aromatic N) is 1. The number of nitrogens with one attached hydrogen (secondary N) is 1. The van der Waals surface area contributed by atoms with Gasteiger partial charge in [-0.25, -0.2) is 0 Å². The van der Waals surface area contributed by atoms with Gasteiger partial charge in [0.25, 0.3) is 11.6 Å². The van der Waals surface area contributed by atoms with Crippen molar-refractivity contribution in [3.8, 4) is 5.75 Å². The van der Waals surface area contributed by atoms with Crippen molar-refractivity contribution in [3.05, 3.63) is 68.7 Å². The number of nitro benzene ring substituents is 1. The second-order valence-electron chi connectivity index (χ2n) is 5.15. The molecule has 0 radical (unpaired) electrons. The Morgan fingerprint density at radius 2 is 1.85 bits per heavy atom. The molecule has 0 bridgehead atoms. The molecule has 0 saturated heterocycles. The third-order valence-electron chi connectivity index (χ3n) is 3.18. The van der Waals surface area contributed by atoms with Crippen LogP contribution in [-0.4, -0.2) is 23.6 Å². The number of hydrogen-bond acceptors (Lipinski definition) is 4. The topological polar surface area (TPSA) is 81.5 Å². The summed E-state index contributed by atoms with van der Waals surface area (Å²) in [4.78, 5) is 22.2. The number of halogens is 4. The van der Waals surface area contributed by atoms with Gasteiger partial charge in [-0.05, 0) is 29.8 Å². The molecule has 0 aliphatic carbocycles. The van der Waals surface area contributed by atoms with E-state index in [1.54, 1.807) is 0 Å². The van der Waals surface area contributed by atoms with E-state index < -0.39 is 23.6 Å². The Morgan fingerprint density at radius 1 is 1.19 bits per heavy atom. The summed E-state index contributed by atoms with van der Waals surface area (Å²) in [5.74, 6) is -0.507. The van der Waals surface area contributed by atoms with E-state index in [9.17, 15) is 28.1 Å². The minimum atomic E-state index is -4.42. The Morgan fingerprint density at radius 3 is 2.42 bits per heavy atom. The van der Waals surface area contributed by atoms with E-state index in [1.165, 1.54) is 36.4 Å². The van der Waals surface area contributed by atoms with Crippen LogP contribution in [0.2, 0.25) is 5.02 Å². The average molecular weight is 389 g/mol. The van der Waals surface area contributed by atoms with Crippen molar-refractivity contribution in [2.75, 3.05) is 6.61 Å². The van der Waals surface area contributed by atoms with Gasteiger partial charge in [-0.2, -0.15) is 13.2 Å². The molecule has 138 valence electrons.